The van der Waals surface area contributed by atoms with Crippen LogP contribution in [0.15, 0.2) is 30.3 Å². The highest BCUT2D eigenvalue weighted by Crippen LogP contribution is 2.01. The van der Waals surface area contributed by atoms with E-state index in [9.17, 15) is 9.00 Å². The molecular formula is C11H12O3S. The minimum Gasteiger partial charge on any atom is -0.416 e. The van der Waals surface area contributed by atoms with Crippen molar-refractivity contribution in [3.8, 4) is 0 Å². The molecular weight excluding hydrogens is 212 g/mol. The molecule has 0 N–H and O–H groups in total. The van der Waals surface area contributed by atoms with Gasteiger partial charge in [0.05, 0.1) is 0 Å². The van der Waals surface area contributed by atoms with E-state index >= 15 is 0 Å². The predicted molar refractivity (Wildman–Crippen MR) is 59.7 cm³/mol. The quantitative estimate of drug-likeness (QED) is 0.577. The Morgan fingerprint density at radius 1 is 1.33 bits per heavy atom. The van der Waals surface area contributed by atoms with Crippen LogP contribution in [0.3, 0.4) is 0 Å². The average molecular weight is 224 g/mol. The Balaban J connectivity index is 2.64. The van der Waals surface area contributed by atoms with Crippen LogP contribution >= 0.6 is 0 Å². The van der Waals surface area contributed by atoms with Crippen LogP contribution < -0.4 is 0 Å². The summed E-state index contributed by atoms with van der Waals surface area (Å²) in [7, 11) is 0. The lowest BCUT2D eigenvalue weighted by Crippen LogP contribution is -2.13. The Kier molecular flexibility index (Phi) is 4.77. The maximum Gasteiger partial charge on any atom is 0.311 e. The highest BCUT2D eigenvalue weighted by Gasteiger charge is 2.06. The van der Waals surface area contributed by atoms with Crippen LogP contribution in [-0.2, 0) is 27.2 Å². The molecule has 0 radical (unpaired) electrons. The first-order chi connectivity index (χ1) is 7.26. The topological polar surface area (TPSA) is 43.4 Å². The Labute approximate surface area is 92.1 Å². The highest BCUT2D eigenvalue weighted by atomic mass is 32.1. The molecule has 1 rings (SSSR count). The Morgan fingerprint density at radius 2 is 2.00 bits per heavy atom. The summed E-state index contributed by atoms with van der Waals surface area (Å²) < 4.78 is 15.6. The number of rotatable bonds is 3. The van der Waals surface area contributed by atoms with Crippen molar-refractivity contribution >= 4 is 22.3 Å². The third-order valence-electron chi connectivity index (χ3n) is 1.80. The van der Waals surface area contributed by atoms with Crippen molar-refractivity contribution < 1.29 is 13.7 Å². The summed E-state index contributed by atoms with van der Waals surface area (Å²) in [5.74, 6) is -0.371. The Hall–Kier alpha value is -1.42. The van der Waals surface area contributed by atoms with E-state index in [0.717, 1.165) is 5.56 Å². The fourth-order valence-corrected chi connectivity index (χ4v) is 1.40. The first kappa shape index (κ1) is 11.7. The van der Waals surface area contributed by atoms with Crippen LogP contribution in [0.25, 0.3) is 0 Å². The average Bonchev–Trinajstić information content (AvgIpc) is 2.29. The first-order valence-corrected chi connectivity index (χ1v) is 5.40. The van der Waals surface area contributed by atoms with Gasteiger partial charge in [-0.25, -0.2) is 4.21 Å². The highest BCUT2D eigenvalue weighted by molar-refractivity contribution is 7.66. The number of esters is 1. The van der Waals surface area contributed by atoms with Gasteiger partial charge in [-0.15, -0.1) is 0 Å². The van der Waals surface area contributed by atoms with Gasteiger partial charge in [0, 0.05) is 12.8 Å². The molecule has 0 saturated heterocycles. The Morgan fingerprint density at radius 3 is 2.53 bits per heavy atom. The molecule has 0 unspecified atom stereocenters. The van der Waals surface area contributed by atoms with Crippen LogP contribution in [0.5, 0.6) is 0 Å². The van der Waals surface area contributed by atoms with E-state index in [1.807, 2.05) is 30.3 Å². The number of hydrogen-bond donors (Lipinski definition) is 0. The summed E-state index contributed by atoms with van der Waals surface area (Å²) >= 11 is 0.232. The molecule has 0 fully saturated rings. The van der Waals surface area contributed by atoms with Gasteiger partial charge in [0.2, 0.25) is 5.05 Å². The lowest BCUT2D eigenvalue weighted by molar-refractivity contribution is -0.135. The van der Waals surface area contributed by atoms with E-state index < -0.39 is 0 Å². The summed E-state index contributed by atoms with van der Waals surface area (Å²) in [4.78, 5) is 11.0. The van der Waals surface area contributed by atoms with Gasteiger partial charge in [0.25, 0.3) is 0 Å². The third kappa shape index (κ3) is 4.08. The van der Waals surface area contributed by atoms with Gasteiger partial charge in [0.15, 0.2) is 0 Å². The zero-order valence-corrected chi connectivity index (χ0v) is 9.25. The molecule has 15 heavy (non-hydrogen) atoms. The van der Waals surface area contributed by atoms with Crippen molar-refractivity contribution in [2.75, 3.05) is 0 Å². The number of ether oxygens (including phenoxy) is 1. The molecule has 0 heterocycles. The third-order valence-corrected chi connectivity index (χ3v) is 2.21. The van der Waals surface area contributed by atoms with Crippen LogP contribution in [-0.4, -0.2) is 15.2 Å². The Bertz CT molecular complexity index is 380. The normalized spacial score (nSPS) is 9.40. The molecule has 3 nitrogen and oxygen atoms in total. The van der Waals surface area contributed by atoms with E-state index in [2.05, 4.69) is 0 Å². The van der Waals surface area contributed by atoms with E-state index in [4.69, 9.17) is 4.74 Å². The van der Waals surface area contributed by atoms with Crippen molar-refractivity contribution in [1.82, 2.24) is 0 Å². The van der Waals surface area contributed by atoms with Crippen LogP contribution in [0, 0.1) is 0 Å². The molecule has 0 bridgehead atoms. The number of hydrogen-bond acceptors (Lipinski definition) is 3. The van der Waals surface area contributed by atoms with Gasteiger partial charge >= 0.3 is 5.97 Å². The minimum atomic E-state index is -0.371. The second kappa shape index (κ2) is 6.14. The van der Waals surface area contributed by atoms with Gasteiger partial charge in [-0.3, -0.25) is 4.79 Å². The standard InChI is InChI=1S/C11H12O3S/c1-2-10(12)14-11(15-13)8-9-6-4-3-5-7-9/h3-7H,2,8H2,1H3. The summed E-state index contributed by atoms with van der Waals surface area (Å²) in [6.07, 6.45) is 0.652. The van der Waals surface area contributed by atoms with Crippen molar-refractivity contribution in [2.24, 2.45) is 0 Å². The van der Waals surface area contributed by atoms with Crippen molar-refractivity contribution in [3.05, 3.63) is 35.9 Å². The lowest BCUT2D eigenvalue weighted by atomic mass is 10.2. The molecule has 1 aromatic rings. The molecule has 80 valence electrons. The van der Waals surface area contributed by atoms with E-state index in [0.29, 0.717) is 6.42 Å². The zero-order valence-electron chi connectivity index (χ0n) is 8.43. The van der Waals surface area contributed by atoms with Crippen molar-refractivity contribution in [3.63, 3.8) is 0 Å². The molecule has 0 aromatic heterocycles. The van der Waals surface area contributed by atoms with Crippen LogP contribution in [0.2, 0.25) is 0 Å². The molecule has 0 amide bonds. The van der Waals surface area contributed by atoms with E-state index in [1.165, 1.54) is 0 Å². The van der Waals surface area contributed by atoms with Gasteiger partial charge in [-0.1, -0.05) is 37.3 Å². The van der Waals surface area contributed by atoms with Gasteiger partial charge in [-0.2, -0.15) is 0 Å². The number of carbonyl (C=O) groups is 1. The summed E-state index contributed by atoms with van der Waals surface area (Å²) in [6, 6.07) is 9.42. The molecule has 0 aliphatic rings. The zero-order chi connectivity index (χ0) is 11.1. The molecule has 0 aliphatic carbocycles. The molecule has 4 heteroatoms. The fraction of sp³-hybridized carbons (Fsp3) is 0.273. The van der Waals surface area contributed by atoms with Crippen molar-refractivity contribution in [1.29, 1.82) is 0 Å². The fourth-order valence-electron chi connectivity index (χ4n) is 1.04. The second-order valence-electron chi connectivity index (χ2n) is 2.95. The largest absolute Gasteiger partial charge is 0.416 e. The molecule has 0 saturated carbocycles. The van der Waals surface area contributed by atoms with E-state index in [-0.39, 0.29) is 28.7 Å². The molecule has 0 spiro atoms. The number of benzene rings is 1. The number of carbonyl (C=O) groups excluding carboxylic acids is 1. The monoisotopic (exact) mass is 224 g/mol. The summed E-state index contributed by atoms with van der Waals surface area (Å²) in [5.41, 5.74) is 0.958. The van der Waals surface area contributed by atoms with Gasteiger partial charge < -0.3 is 4.74 Å². The molecule has 0 atom stereocenters. The summed E-state index contributed by atoms with van der Waals surface area (Å²) in [6.45, 7) is 1.69. The van der Waals surface area contributed by atoms with Gasteiger partial charge in [-0.05, 0) is 5.56 Å². The van der Waals surface area contributed by atoms with Crippen molar-refractivity contribution in [2.45, 2.75) is 19.8 Å². The first-order valence-electron chi connectivity index (χ1n) is 4.66. The predicted octanol–water partition coefficient (Wildman–Crippen LogP) is 1.53. The maximum absolute atomic E-state index is 11.0. The second-order valence-corrected chi connectivity index (χ2v) is 3.57. The van der Waals surface area contributed by atoms with Gasteiger partial charge in [0.1, 0.15) is 11.3 Å². The minimum absolute atomic E-state index is 0.202. The van der Waals surface area contributed by atoms with Crippen LogP contribution in [0.1, 0.15) is 18.9 Å². The lowest BCUT2D eigenvalue weighted by Gasteiger charge is -2.03. The summed E-state index contributed by atoms with van der Waals surface area (Å²) in [5, 5.41) is 0.202. The smallest absolute Gasteiger partial charge is 0.311 e. The van der Waals surface area contributed by atoms with Crippen LogP contribution in [0.4, 0.5) is 0 Å². The van der Waals surface area contributed by atoms with E-state index in [1.54, 1.807) is 6.92 Å². The molecule has 0 aliphatic heterocycles. The SMILES string of the molecule is CCC(=O)OC(Cc1ccccc1)=S=O. The maximum atomic E-state index is 11.0. The molecule has 1 aromatic carbocycles.